The van der Waals surface area contributed by atoms with E-state index in [1.807, 2.05) is 0 Å². The smallest absolute Gasteiger partial charge is 0.338 e. The van der Waals surface area contributed by atoms with E-state index in [-0.39, 0.29) is 16.7 Å². The predicted octanol–water partition coefficient (Wildman–Crippen LogP) is 6.44. The maximum atomic E-state index is 12.8. The molecule has 0 N–H and O–H groups in total. The lowest BCUT2D eigenvalue weighted by molar-refractivity contribution is 0.0497. The van der Waals surface area contributed by atoms with E-state index in [1.54, 1.807) is 24.3 Å². The summed E-state index contributed by atoms with van der Waals surface area (Å²) in [6, 6.07) is 11.0. The summed E-state index contributed by atoms with van der Waals surface area (Å²) in [6.45, 7) is 2.56. The van der Waals surface area contributed by atoms with Gasteiger partial charge >= 0.3 is 5.97 Å². The maximum absolute atomic E-state index is 12.8. The van der Waals surface area contributed by atoms with Gasteiger partial charge in [0.05, 0.1) is 29.0 Å². The number of esters is 1. The van der Waals surface area contributed by atoms with Gasteiger partial charge in [-0.3, -0.25) is 9.59 Å². The zero-order chi connectivity index (χ0) is 22.2. The van der Waals surface area contributed by atoms with Crippen molar-refractivity contribution in [1.29, 1.82) is 0 Å². The van der Waals surface area contributed by atoms with Crippen LogP contribution in [0, 0.1) is 0 Å². The molecule has 6 heteroatoms. The Bertz CT molecular complexity index is 956. The number of halogens is 1. The average molecular weight is 442 g/mol. The minimum atomic E-state index is -0.479. The second-order valence-electron chi connectivity index (χ2n) is 7.80. The van der Waals surface area contributed by atoms with Gasteiger partial charge in [-0.15, -0.1) is 0 Å². The third-order valence-electron chi connectivity index (χ3n) is 5.42. The first-order chi connectivity index (χ1) is 15.0. The van der Waals surface area contributed by atoms with E-state index in [0.717, 1.165) is 24.2 Å². The summed E-state index contributed by atoms with van der Waals surface area (Å²) in [6.07, 6.45) is 9.32. The fourth-order valence-electron chi connectivity index (χ4n) is 3.70. The largest absolute Gasteiger partial charge is 0.462 e. The summed E-state index contributed by atoms with van der Waals surface area (Å²) in [4.78, 5) is 39.0. The minimum Gasteiger partial charge on any atom is -0.462 e. The van der Waals surface area contributed by atoms with Gasteiger partial charge < -0.3 is 4.74 Å². The van der Waals surface area contributed by atoms with Gasteiger partial charge in [0, 0.05) is 5.02 Å². The Kier molecular flexibility index (Phi) is 8.24. The fraction of sp³-hybridized carbons (Fsp3) is 0.400. The molecule has 0 atom stereocenters. The Morgan fingerprint density at radius 2 is 1.55 bits per heavy atom. The molecule has 0 aliphatic carbocycles. The minimum absolute atomic E-state index is 0.200. The van der Waals surface area contributed by atoms with E-state index >= 15 is 0 Å². The van der Waals surface area contributed by atoms with Gasteiger partial charge in [-0.2, -0.15) is 0 Å². The van der Waals surface area contributed by atoms with Crippen LogP contribution in [0.1, 0.15) is 89.4 Å². The molecule has 1 aliphatic heterocycles. The highest BCUT2D eigenvalue weighted by atomic mass is 35.5. The highest BCUT2D eigenvalue weighted by Gasteiger charge is 2.37. The van der Waals surface area contributed by atoms with Gasteiger partial charge in [0.25, 0.3) is 11.8 Å². The van der Waals surface area contributed by atoms with Crippen LogP contribution in [0.3, 0.4) is 0 Å². The van der Waals surface area contributed by atoms with E-state index in [9.17, 15) is 14.4 Å². The van der Waals surface area contributed by atoms with Crippen LogP contribution >= 0.6 is 11.6 Å². The summed E-state index contributed by atoms with van der Waals surface area (Å²) in [7, 11) is 0. The molecule has 164 valence electrons. The molecule has 2 aromatic rings. The highest BCUT2D eigenvalue weighted by molar-refractivity contribution is 6.35. The lowest BCUT2D eigenvalue weighted by Gasteiger charge is -2.13. The van der Waals surface area contributed by atoms with Crippen molar-refractivity contribution in [2.75, 3.05) is 11.5 Å². The molecule has 1 aliphatic rings. The van der Waals surface area contributed by atoms with Crippen molar-refractivity contribution in [2.24, 2.45) is 0 Å². The maximum Gasteiger partial charge on any atom is 0.338 e. The van der Waals surface area contributed by atoms with Crippen molar-refractivity contribution in [3.63, 3.8) is 0 Å². The van der Waals surface area contributed by atoms with Crippen molar-refractivity contribution < 1.29 is 19.1 Å². The molecule has 0 spiro atoms. The van der Waals surface area contributed by atoms with Gasteiger partial charge in [-0.25, -0.2) is 9.69 Å². The summed E-state index contributed by atoms with van der Waals surface area (Å²) in [5.74, 6) is -1.38. The lowest BCUT2D eigenvalue weighted by Crippen LogP contribution is -2.29. The topological polar surface area (TPSA) is 63.7 Å². The Hall–Kier alpha value is -2.66. The van der Waals surface area contributed by atoms with Crippen LogP contribution < -0.4 is 4.90 Å². The van der Waals surface area contributed by atoms with Crippen LogP contribution in [0.2, 0.25) is 5.02 Å². The first-order valence-corrected chi connectivity index (χ1v) is 11.4. The van der Waals surface area contributed by atoms with Gasteiger partial charge in [0.2, 0.25) is 0 Å². The van der Waals surface area contributed by atoms with Crippen LogP contribution in [0.5, 0.6) is 0 Å². The zero-order valence-electron chi connectivity index (χ0n) is 17.9. The predicted molar refractivity (Wildman–Crippen MR) is 122 cm³/mol. The number of fused-ring (bicyclic) bond motifs is 1. The number of anilines is 1. The standard InChI is InChI=1S/C25H28ClNO4/c1-2-3-4-5-6-7-8-9-15-31-25(30)18-13-14-21-22(16-18)24(29)27(23(21)28)20-12-10-11-19(26)17-20/h10-14,16-17H,2-9,15H2,1H3. The van der Waals surface area contributed by atoms with Crippen LogP contribution in [-0.2, 0) is 4.74 Å². The number of ether oxygens (including phenoxy) is 1. The van der Waals surface area contributed by atoms with E-state index in [4.69, 9.17) is 16.3 Å². The quantitative estimate of drug-likeness (QED) is 0.229. The van der Waals surface area contributed by atoms with Crippen molar-refractivity contribution >= 4 is 35.1 Å². The number of rotatable bonds is 11. The summed E-state index contributed by atoms with van der Waals surface area (Å²) in [5.41, 5.74) is 1.14. The van der Waals surface area contributed by atoms with E-state index < -0.39 is 17.8 Å². The number of benzene rings is 2. The molecule has 0 unspecified atom stereocenters. The fourth-order valence-corrected chi connectivity index (χ4v) is 3.89. The van der Waals surface area contributed by atoms with Crippen LogP contribution in [0.15, 0.2) is 42.5 Å². The second-order valence-corrected chi connectivity index (χ2v) is 8.23. The molecule has 0 bridgehead atoms. The Labute approximate surface area is 188 Å². The molecule has 0 saturated heterocycles. The zero-order valence-corrected chi connectivity index (χ0v) is 18.6. The number of nitrogens with zero attached hydrogens (tertiary/aromatic N) is 1. The molecule has 0 fully saturated rings. The average Bonchev–Trinajstić information content (AvgIpc) is 3.02. The highest BCUT2D eigenvalue weighted by Crippen LogP contribution is 2.30. The molecule has 0 saturated carbocycles. The first-order valence-electron chi connectivity index (χ1n) is 11.0. The second kappa shape index (κ2) is 11.1. The molecule has 31 heavy (non-hydrogen) atoms. The van der Waals surface area contributed by atoms with Gasteiger partial charge in [0.1, 0.15) is 0 Å². The number of hydrogen-bond acceptors (Lipinski definition) is 4. The van der Waals surface area contributed by atoms with Gasteiger partial charge in [-0.1, -0.05) is 69.5 Å². The number of hydrogen-bond donors (Lipinski definition) is 0. The number of carbonyl (C=O) groups is 3. The summed E-state index contributed by atoms with van der Waals surface area (Å²) in [5, 5.41) is 0.430. The van der Waals surface area contributed by atoms with E-state index in [1.165, 1.54) is 50.3 Å². The molecular weight excluding hydrogens is 414 g/mol. The van der Waals surface area contributed by atoms with Crippen molar-refractivity contribution in [3.8, 4) is 0 Å². The Balaban J connectivity index is 1.54. The van der Waals surface area contributed by atoms with Gasteiger partial charge in [-0.05, 0) is 42.8 Å². The lowest BCUT2D eigenvalue weighted by atomic mass is 10.1. The van der Waals surface area contributed by atoms with E-state index in [0.29, 0.717) is 17.3 Å². The number of amides is 2. The molecule has 3 rings (SSSR count). The third kappa shape index (κ3) is 5.73. The summed E-state index contributed by atoms with van der Waals surface area (Å²) < 4.78 is 5.36. The molecule has 2 aromatic carbocycles. The van der Waals surface area contributed by atoms with Crippen LogP contribution in [0.25, 0.3) is 0 Å². The molecule has 2 amide bonds. The van der Waals surface area contributed by atoms with Crippen molar-refractivity contribution in [1.82, 2.24) is 0 Å². The number of imide groups is 1. The van der Waals surface area contributed by atoms with E-state index in [2.05, 4.69) is 6.92 Å². The normalized spacial score (nSPS) is 12.9. The monoisotopic (exact) mass is 441 g/mol. The molecule has 1 heterocycles. The third-order valence-corrected chi connectivity index (χ3v) is 5.65. The first kappa shape index (κ1) is 23.0. The van der Waals surface area contributed by atoms with Gasteiger partial charge in [0.15, 0.2) is 0 Å². The number of carbonyl (C=O) groups excluding carboxylic acids is 3. The molecule has 0 aromatic heterocycles. The SMILES string of the molecule is CCCCCCCCCCOC(=O)c1ccc2c(c1)C(=O)N(c1cccc(Cl)c1)C2=O. The molecule has 5 nitrogen and oxygen atoms in total. The van der Waals surface area contributed by atoms with Crippen LogP contribution in [-0.4, -0.2) is 24.4 Å². The van der Waals surface area contributed by atoms with Crippen molar-refractivity contribution in [2.45, 2.75) is 58.3 Å². The number of unbranched alkanes of at least 4 members (excludes halogenated alkanes) is 7. The van der Waals surface area contributed by atoms with Crippen molar-refractivity contribution in [3.05, 3.63) is 64.2 Å². The summed E-state index contributed by atoms with van der Waals surface area (Å²) >= 11 is 5.99. The van der Waals surface area contributed by atoms with Crippen LogP contribution in [0.4, 0.5) is 5.69 Å². The Morgan fingerprint density at radius 3 is 2.26 bits per heavy atom. The molecular formula is C25H28ClNO4. The molecule has 0 radical (unpaired) electrons. The Morgan fingerprint density at radius 1 is 0.871 bits per heavy atom.